The fraction of sp³-hybridized carbons (Fsp3) is 0.250. The fourth-order valence-electron chi connectivity index (χ4n) is 0.752. The van der Waals surface area contributed by atoms with Crippen LogP contribution in [0.5, 0.6) is 0 Å². The van der Waals surface area contributed by atoms with Crippen LogP contribution >= 0.6 is 11.3 Å². The minimum Gasteiger partial charge on any atom is -0.315 e. The van der Waals surface area contributed by atoms with Gasteiger partial charge in [0.15, 0.2) is 5.13 Å². The SMILES string of the molecule is C=CNC(=O)Nc1nc(C)c(C)s1. The van der Waals surface area contributed by atoms with Crippen LogP contribution in [-0.2, 0) is 0 Å². The van der Waals surface area contributed by atoms with Gasteiger partial charge < -0.3 is 5.32 Å². The first-order valence-corrected chi connectivity index (χ1v) is 4.57. The first kappa shape index (κ1) is 9.73. The molecule has 0 fully saturated rings. The van der Waals surface area contributed by atoms with Gasteiger partial charge in [-0.15, -0.1) is 11.3 Å². The van der Waals surface area contributed by atoms with E-state index in [1.807, 2.05) is 13.8 Å². The summed E-state index contributed by atoms with van der Waals surface area (Å²) < 4.78 is 0. The second-order valence-electron chi connectivity index (χ2n) is 2.46. The highest BCUT2D eigenvalue weighted by Crippen LogP contribution is 2.20. The zero-order valence-corrected chi connectivity index (χ0v) is 8.36. The number of nitrogens with zero attached hydrogens (tertiary/aromatic N) is 1. The van der Waals surface area contributed by atoms with Gasteiger partial charge in [0.1, 0.15) is 0 Å². The number of anilines is 1. The number of aromatic nitrogens is 1. The molecule has 1 aromatic heterocycles. The normalized spacial score (nSPS) is 9.38. The second-order valence-corrected chi connectivity index (χ2v) is 3.67. The van der Waals surface area contributed by atoms with Crippen molar-refractivity contribution in [1.29, 1.82) is 0 Å². The van der Waals surface area contributed by atoms with Crippen molar-refractivity contribution < 1.29 is 4.79 Å². The van der Waals surface area contributed by atoms with E-state index in [1.165, 1.54) is 17.5 Å². The Morgan fingerprint density at radius 2 is 2.31 bits per heavy atom. The first-order chi connectivity index (χ1) is 6.13. The molecule has 0 aliphatic heterocycles. The highest BCUT2D eigenvalue weighted by atomic mass is 32.1. The van der Waals surface area contributed by atoms with Crippen LogP contribution in [-0.4, -0.2) is 11.0 Å². The Hall–Kier alpha value is -1.36. The summed E-state index contributed by atoms with van der Waals surface area (Å²) in [6.07, 6.45) is 1.32. The monoisotopic (exact) mass is 197 g/mol. The summed E-state index contributed by atoms with van der Waals surface area (Å²) in [6, 6.07) is -0.316. The summed E-state index contributed by atoms with van der Waals surface area (Å²) in [4.78, 5) is 16.3. The number of carbonyl (C=O) groups is 1. The van der Waals surface area contributed by atoms with E-state index in [4.69, 9.17) is 0 Å². The Bertz CT molecular complexity index is 313. The van der Waals surface area contributed by atoms with Crippen LogP contribution in [0.15, 0.2) is 12.8 Å². The third-order valence-electron chi connectivity index (χ3n) is 1.48. The van der Waals surface area contributed by atoms with Gasteiger partial charge >= 0.3 is 6.03 Å². The Labute approximate surface area is 80.7 Å². The minimum absolute atomic E-state index is 0.316. The first-order valence-electron chi connectivity index (χ1n) is 3.76. The molecule has 0 saturated heterocycles. The molecule has 0 aliphatic rings. The minimum atomic E-state index is -0.316. The molecule has 0 aromatic carbocycles. The predicted molar refractivity (Wildman–Crippen MR) is 53.9 cm³/mol. The third-order valence-corrected chi connectivity index (χ3v) is 2.47. The van der Waals surface area contributed by atoms with Gasteiger partial charge in [0.25, 0.3) is 0 Å². The summed E-state index contributed by atoms with van der Waals surface area (Å²) in [6.45, 7) is 7.24. The lowest BCUT2D eigenvalue weighted by atomic mass is 10.4. The van der Waals surface area contributed by atoms with Crippen molar-refractivity contribution in [3.63, 3.8) is 0 Å². The van der Waals surface area contributed by atoms with Crippen molar-refractivity contribution in [2.75, 3.05) is 5.32 Å². The Kier molecular flexibility index (Phi) is 3.02. The lowest BCUT2D eigenvalue weighted by Gasteiger charge is -1.98. The van der Waals surface area contributed by atoms with Crippen molar-refractivity contribution in [2.45, 2.75) is 13.8 Å². The molecule has 0 atom stereocenters. The van der Waals surface area contributed by atoms with Crippen molar-refractivity contribution in [3.05, 3.63) is 23.3 Å². The van der Waals surface area contributed by atoms with E-state index in [-0.39, 0.29) is 6.03 Å². The van der Waals surface area contributed by atoms with Gasteiger partial charge in [-0.3, -0.25) is 5.32 Å². The van der Waals surface area contributed by atoms with Gasteiger partial charge in [0, 0.05) is 4.88 Å². The Morgan fingerprint density at radius 3 is 2.77 bits per heavy atom. The maximum atomic E-state index is 11.0. The molecule has 13 heavy (non-hydrogen) atoms. The number of thiazole rings is 1. The van der Waals surface area contributed by atoms with Crippen LogP contribution in [0, 0.1) is 13.8 Å². The summed E-state index contributed by atoms with van der Waals surface area (Å²) in [5.41, 5.74) is 0.943. The zero-order chi connectivity index (χ0) is 9.84. The number of aryl methyl sites for hydroxylation is 2. The smallest absolute Gasteiger partial charge is 0.315 e. The molecule has 0 unspecified atom stereocenters. The van der Waals surface area contributed by atoms with Crippen molar-refractivity contribution >= 4 is 22.5 Å². The number of hydrogen-bond acceptors (Lipinski definition) is 3. The van der Waals surface area contributed by atoms with E-state index < -0.39 is 0 Å². The van der Waals surface area contributed by atoms with E-state index >= 15 is 0 Å². The lowest BCUT2D eigenvalue weighted by Crippen LogP contribution is -2.23. The summed E-state index contributed by atoms with van der Waals surface area (Å²) in [7, 11) is 0. The van der Waals surface area contributed by atoms with Crippen molar-refractivity contribution in [2.24, 2.45) is 0 Å². The maximum absolute atomic E-state index is 11.0. The van der Waals surface area contributed by atoms with Gasteiger partial charge in [-0.25, -0.2) is 9.78 Å². The zero-order valence-electron chi connectivity index (χ0n) is 7.55. The van der Waals surface area contributed by atoms with Crippen molar-refractivity contribution in [1.82, 2.24) is 10.3 Å². The molecule has 1 heterocycles. The molecule has 0 bridgehead atoms. The third kappa shape index (κ3) is 2.55. The number of hydrogen-bond donors (Lipinski definition) is 2. The van der Waals surface area contributed by atoms with Crippen LogP contribution in [0.2, 0.25) is 0 Å². The Balaban J connectivity index is 2.64. The molecule has 0 saturated carbocycles. The largest absolute Gasteiger partial charge is 0.324 e. The maximum Gasteiger partial charge on any atom is 0.324 e. The molecule has 5 heteroatoms. The van der Waals surface area contributed by atoms with E-state index in [0.29, 0.717) is 5.13 Å². The lowest BCUT2D eigenvalue weighted by molar-refractivity contribution is 0.255. The number of amides is 2. The highest BCUT2D eigenvalue weighted by molar-refractivity contribution is 7.15. The molecule has 0 spiro atoms. The van der Waals surface area contributed by atoms with Crippen LogP contribution in [0.3, 0.4) is 0 Å². The van der Waals surface area contributed by atoms with Crippen LogP contribution in [0.1, 0.15) is 10.6 Å². The molecule has 70 valence electrons. The molecule has 1 aromatic rings. The molecule has 0 aliphatic carbocycles. The molecule has 0 radical (unpaired) electrons. The summed E-state index contributed by atoms with van der Waals surface area (Å²) in [5.74, 6) is 0. The molecular formula is C8H11N3OS. The molecule has 2 N–H and O–H groups in total. The average Bonchev–Trinajstić information content (AvgIpc) is 2.31. The van der Waals surface area contributed by atoms with Crippen LogP contribution in [0.25, 0.3) is 0 Å². The van der Waals surface area contributed by atoms with Crippen LogP contribution in [0.4, 0.5) is 9.93 Å². The number of urea groups is 1. The van der Waals surface area contributed by atoms with Gasteiger partial charge in [-0.2, -0.15) is 0 Å². The van der Waals surface area contributed by atoms with E-state index in [0.717, 1.165) is 10.6 Å². The molecule has 1 rings (SSSR count). The van der Waals surface area contributed by atoms with Gasteiger partial charge in [-0.1, -0.05) is 6.58 Å². The topological polar surface area (TPSA) is 54.0 Å². The van der Waals surface area contributed by atoms with Gasteiger partial charge in [0.2, 0.25) is 0 Å². The Morgan fingerprint density at radius 1 is 1.62 bits per heavy atom. The highest BCUT2D eigenvalue weighted by Gasteiger charge is 2.05. The standard InChI is InChI=1S/C8H11N3OS/c1-4-9-7(12)11-8-10-5(2)6(3)13-8/h4H,1H2,2-3H3,(H2,9,10,11,12). The van der Waals surface area contributed by atoms with E-state index in [2.05, 4.69) is 22.2 Å². The van der Waals surface area contributed by atoms with E-state index in [9.17, 15) is 4.79 Å². The summed E-state index contributed by atoms with van der Waals surface area (Å²) >= 11 is 1.45. The number of rotatable bonds is 2. The van der Waals surface area contributed by atoms with Crippen LogP contribution < -0.4 is 10.6 Å². The molecule has 4 nitrogen and oxygen atoms in total. The predicted octanol–water partition coefficient (Wildman–Crippen LogP) is 2.02. The summed E-state index contributed by atoms with van der Waals surface area (Å²) in [5, 5.41) is 5.60. The van der Waals surface area contributed by atoms with Gasteiger partial charge in [-0.05, 0) is 20.0 Å². The van der Waals surface area contributed by atoms with Crippen molar-refractivity contribution in [3.8, 4) is 0 Å². The molecular weight excluding hydrogens is 186 g/mol. The van der Waals surface area contributed by atoms with Gasteiger partial charge in [0.05, 0.1) is 5.69 Å². The number of nitrogens with one attached hydrogen (secondary N) is 2. The second kappa shape index (κ2) is 4.04. The fourth-order valence-corrected chi connectivity index (χ4v) is 1.56. The molecule has 2 amide bonds. The average molecular weight is 197 g/mol. The number of carbonyl (C=O) groups excluding carboxylic acids is 1. The van der Waals surface area contributed by atoms with E-state index in [1.54, 1.807) is 0 Å². The quantitative estimate of drug-likeness (QED) is 0.762.